The number of nitrogens with one attached hydrogen (secondary N) is 2. The van der Waals surface area contributed by atoms with Gasteiger partial charge in [-0.05, 0) is 18.2 Å². The first kappa shape index (κ1) is 12.7. The number of carbonyl (C=O) groups is 1. The largest absolute Gasteiger partial charge is 0.328 e. The zero-order chi connectivity index (χ0) is 13.8. The van der Waals surface area contributed by atoms with Crippen LogP contribution in [0.4, 0.5) is 10.1 Å². The van der Waals surface area contributed by atoms with Gasteiger partial charge in [0.25, 0.3) is 5.56 Å². The number of anilines is 1. The maximum Gasteiger partial charge on any atom is 0.328 e. The Labute approximate surface area is 106 Å². The highest BCUT2D eigenvalue weighted by atomic mass is 19.1. The molecule has 6 nitrogen and oxygen atoms in total. The molecule has 1 aromatic heterocycles. The summed E-state index contributed by atoms with van der Waals surface area (Å²) < 4.78 is 13.7. The Morgan fingerprint density at radius 1 is 1.32 bits per heavy atom. The van der Waals surface area contributed by atoms with Crippen molar-refractivity contribution in [3.05, 3.63) is 63.2 Å². The molecule has 2 rings (SSSR count). The van der Waals surface area contributed by atoms with Gasteiger partial charge in [-0.1, -0.05) is 6.07 Å². The van der Waals surface area contributed by atoms with Crippen molar-refractivity contribution in [2.45, 2.75) is 6.54 Å². The van der Waals surface area contributed by atoms with Gasteiger partial charge < -0.3 is 10.3 Å². The van der Waals surface area contributed by atoms with Crippen LogP contribution >= 0.6 is 0 Å². The molecule has 0 fully saturated rings. The molecule has 19 heavy (non-hydrogen) atoms. The third-order valence-corrected chi connectivity index (χ3v) is 2.35. The lowest BCUT2D eigenvalue weighted by molar-refractivity contribution is -0.116. The molecule has 0 radical (unpaired) electrons. The number of nitrogens with zero attached hydrogens (tertiary/aromatic N) is 1. The predicted octanol–water partition coefficient (Wildman–Crippen LogP) is 0.314. The van der Waals surface area contributed by atoms with Gasteiger partial charge in [-0.15, -0.1) is 0 Å². The maximum atomic E-state index is 12.9. The van der Waals surface area contributed by atoms with Crippen LogP contribution in [-0.2, 0) is 11.3 Å². The van der Waals surface area contributed by atoms with E-state index in [1.165, 1.54) is 24.4 Å². The standard InChI is InChI=1S/C12H10FN3O3/c13-8-2-1-3-9(6-8)15-10(17)7-16-11(18)4-5-14-12(16)19/h1-6H,7H2,(H,14,19)(H,15,17). The van der Waals surface area contributed by atoms with E-state index in [0.29, 0.717) is 0 Å². The van der Waals surface area contributed by atoms with Crippen LogP contribution < -0.4 is 16.6 Å². The van der Waals surface area contributed by atoms with Gasteiger partial charge in [0.15, 0.2) is 0 Å². The number of H-pyrrole nitrogens is 1. The summed E-state index contributed by atoms with van der Waals surface area (Å²) in [6.45, 7) is -0.439. The first-order valence-corrected chi connectivity index (χ1v) is 5.40. The van der Waals surface area contributed by atoms with E-state index in [9.17, 15) is 18.8 Å². The number of aromatic nitrogens is 2. The number of aromatic amines is 1. The van der Waals surface area contributed by atoms with Gasteiger partial charge in [-0.25, -0.2) is 9.18 Å². The maximum absolute atomic E-state index is 12.9. The summed E-state index contributed by atoms with van der Waals surface area (Å²) in [7, 11) is 0. The molecule has 2 aromatic rings. The van der Waals surface area contributed by atoms with Crippen molar-refractivity contribution in [1.29, 1.82) is 0 Å². The Hall–Kier alpha value is -2.70. The van der Waals surface area contributed by atoms with Crippen LogP contribution in [-0.4, -0.2) is 15.5 Å². The van der Waals surface area contributed by atoms with Crippen LogP contribution in [0.3, 0.4) is 0 Å². The molecule has 1 amide bonds. The third kappa shape index (κ3) is 3.15. The Morgan fingerprint density at radius 2 is 2.11 bits per heavy atom. The van der Waals surface area contributed by atoms with Gasteiger partial charge in [0.1, 0.15) is 12.4 Å². The highest BCUT2D eigenvalue weighted by Crippen LogP contribution is 2.08. The minimum absolute atomic E-state index is 0.255. The first-order chi connectivity index (χ1) is 9.06. The lowest BCUT2D eigenvalue weighted by Crippen LogP contribution is -2.37. The number of hydrogen-bond donors (Lipinski definition) is 2. The molecule has 0 bridgehead atoms. The lowest BCUT2D eigenvalue weighted by Gasteiger charge is -2.06. The SMILES string of the molecule is O=C(Cn1c(=O)cc[nH]c1=O)Nc1cccc(F)c1. The highest BCUT2D eigenvalue weighted by molar-refractivity contribution is 5.90. The summed E-state index contributed by atoms with van der Waals surface area (Å²) >= 11 is 0. The second kappa shape index (κ2) is 5.30. The van der Waals surface area contributed by atoms with E-state index >= 15 is 0 Å². The molecule has 0 saturated carbocycles. The van der Waals surface area contributed by atoms with Gasteiger partial charge in [-0.3, -0.25) is 14.2 Å². The van der Waals surface area contributed by atoms with Crippen LogP contribution in [0.5, 0.6) is 0 Å². The predicted molar refractivity (Wildman–Crippen MR) is 66.4 cm³/mol. The van der Waals surface area contributed by atoms with E-state index in [1.54, 1.807) is 0 Å². The van der Waals surface area contributed by atoms with Gasteiger partial charge in [-0.2, -0.15) is 0 Å². The summed E-state index contributed by atoms with van der Waals surface area (Å²) in [6, 6.07) is 6.44. The second-order valence-electron chi connectivity index (χ2n) is 3.77. The van der Waals surface area contributed by atoms with Crippen molar-refractivity contribution in [2.24, 2.45) is 0 Å². The van der Waals surface area contributed by atoms with Gasteiger partial charge in [0.2, 0.25) is 5.91 Å². The molecule has 0 aliphatic heterocycles. The Bertz CT molecular complexity index is 692. The topological polar surface area (TPSA) is 84.0 Å². The number of rotatable bonds is 3. The Kier molecular flexibility index (Phi) is 3.56. The quantitative estimate of drug-likeness (QED) is 0.836. The monoisotopic (exact) mass is 263 g/mol. The molecular weight excluding hydrogens is 253 g/mol. The van der Waals surface area contributed by atoms with Crippen molar-refractivity contribution >= 4 is 11.6 Å². The molecule has 0 aliphatic rings. The van der Waals surface area contributed by atoms with E-state index in [4.69, 9.17) is 0 Å². The van der Waals surface area contributed by atoms with Crippen LogP contribution in [0.15, 0.2) is 46.1 Å². The van der Waals surface area contributed by atoms with Gasteiger partial charge in [0, 0.05) is 18.0 Å². The van der Waals surface area contributed by atoms with E-state index < -0.39 is 29.5 Å². The second-order valence-corrected chi connectivity index (χ2v) is 3.77. The van der Waals surface area contributed by atoms with Crippen LogP contribution in [0.25, 0.3) is 0 Å². The molecule has 1 aromatic carbocycles. The molecule has 0 unspecified atom stereocenters. The summed E-state index contributed by atoms with van der Waals surface area (Å²) in [5, 5.41) is 2.39. The molecule has 0 aliphatic carbocycles. The molecule has 7 heteroatoms. The summed E-state index contributed by atoms with van der Waals surface area (Å²) in [6.07, 6.45) is 1.20. The average Bonchev–Trinajstić information content (AvgIpc) is 2.34. The molecule has 0 saturated heterocycles. The molecule has 0 spiro atoms. The molecule has 2 N–H and O–H groups in total. The molecule has 1 heterocycles. The average molecular weight is 263 g/mol. The summed E-state index contributed by atoms with van der Waals surface area (Å²) in [4.78, 5) is 36.7. The Balaban J connectivity index is 2.14. The van der Waals surface area contributed by atoms with Gasteiger partial charge in [0.05, 0.1) is 0 Å². The smallest absolute Gasteiger partial charge is 0.324 e. The number of carbonyl (C=O) groups excluding carboxylic acids is 1. The van der Waals surface area contributed by atoms with Crippen molar-refractivity contribution in [3.63, 3.8) is 0 Å². The summed E-state index contributed by atoms with van der Waals surface area (Å²) in [5.74, 6) is -1.09. The number of benzene rings is 1. The number of amides is 1. The van der Waals surface area contributed by atoms with Crippen molar-refractivity contribution in [1.82, 2.24) is 9.55 Å². The fourth-order valence-corrected chi connectivity index (χ4v) is 1.51. The molecule has 98 valence electrons. The van der Waals surface area contributed by atoms with Crippen molar-refractivity contribution < 1.29 is 9.18 Å². The molecule has 0 atom stereocenters. The zero-order valence-corrected chi connectivity index (χ0v) is 9.72. The minimum atomic E-state index is -0.679. The first-order valence-electron chi connectivity index (χ1n) is 5.40. The van der Waals surface area contributed by atoms with Crippen LogP contribution in [0.2, 0.25) is 0 Å². The van der Waals surface area contributed by atoms with E-state index in [2.05, 4.69) is 10.3 Å². The zero-order valence-electron chi connectivity index (χ0n) is 9.72. The van der Waals surface area contributed by atoms with Crippen LogP contribution in [0.1, 0.15) is 0 Å². The number of halogens is 1. The van der Waals surface area contributed by atoms with E-state index in [1.807, 2.05) is 0 Å². The minimum Gasteiger partial charge on any atom is -0.324 e. The van der Waals surface area contributed by atoms with E-state index in [0.717, 1.165) is 16.7 Å². The molecular formula is C12H10FN3O3. The van der Waals surface area contributed by atoms with Crippen LogP contribution in [0, 0.1) is 5.82 Å². The van der Waals surface area contributed by atoms with Crippen molar-refractivity contribution in [3.8, 4) is 0 Å². The third-order valence-electron chi connectivity index (χ3n) is 2.35. The lowest BCUT2D eigenvalue weighted by atomic mass is 10.3. The Morgan fingerprint density at radius 3 is 2.79 bits per heavy atom. The van der Waals surface area contributed by atoms with E-state index in [-0.39, 0.29) is 5.69 Å². The summed E-state index contributed by atoms with van der Waals surface area (Å²) in [5.41, 5.74) is -1.01. The normalized spacial score (nSPS) is 10.2. The fraction of sp³-hybridized carbons (Fsp3) is 0.0833. The number of hydrogen-bond acceptors (Lipinski definition) is 3. The fourth-order valence-electron chi connectivity index (χ4n) is 1.51. The highest BCUT2D eigenvalue weighted by Gasteiger charge is 2.07. The van der Waals surface area contributed by atoms with Crippen molar-refractivity contribution in [2.75, 3.05) is 5.32 Å². The van der Waals surface area contributed by atoms with Gasteiger partial charge >= 0.3 is 5.69 Å².